The Morgan fingerprint density at radius 3 is 2.25 bits per heavy atom. The van der Waals surface area contributed by atoms with E-state index in [9.17, 15) is 17.6 Å². The lowest BCUT2D eigenvalue weighted by atomic mass is 9.97. The predicted molar refractivity (Wildman–Crippen MR) is 37.3 cm³/mol. The third-order valence-corrected chi connectivity index (χ3v) is 1.58. The van der Waals surface area contributed by atoms with E-state index < -0.39 is 17.4 Å². The number of alkyl halides is 4. The minimum Gasteiger partial charge on any atom is -0.195 e. The van der Waals surface area contributed by atoms with Gasteiger partial charge >= 0.3 is 11.8 Å². The Morgan fingerprint density at radius 1 is 1.25 bits per heavy atom. The van der Waals surface area contributed by atoms with Crippen LogP contribution < -0.4 is 0 Å². The third-order valence-electron chi connectivity index (χ3n) is 1.58. The number of rotatable bonds is 1. The average Bonchev–Trinajstić information content (AvgIpc) is 1.95. The monoisotopic (exact) mass is 178 g/mol. The molecule has 0 heterocycles. The molecule has 0 fully saturated rings. The molecule has 0 aliphatic heterocycles. The molecule has 0 nitrogen and oxygen atoms in total. The van der Waals surface area contributed by atoms with Crippen molar-refractivity contribution in [3.05, 3.63) is 36.5 Å². The van der Waals surface area contributed by atoms with E-state index in [1.807, 2.05) is 0 Å². The molecule has 0 radical (unpaired) electrons. The first-order valence-corrected chi connectivity index (χ1v) is 3.20. The topological polar surface area (TPSA) is 0 Å². The van der Waals surface area contributed by atoms with Crippen LogP contribution in [0, 0.1) is 0 Å². The molecule has 1 aliphatic carbocycles. The van der Waals surface area contributed by atoms with Crippen molar-refractivity contribution in [1.29, 1.82) is 0 Å². The number of halogens is 4. The second kappa shape index (κ2) is 2.47. The summed E-state index contributed by atoms with van der Waals surface area (Å²) in [5.74, 6) is -8.24. The van der Waals surface area contributed by atoms with Crippen LogP contribution in [0.5, 0.6) is 0 Å². The Hall–Kier alpha value is -1.06. The number of allylic oxidation sites excluding steroid dienone is 5. The first kappa shape index (κ1) is 9.03. The largest absolute Gasteiger partial charge is 0.339 e. The Balaban J connectivity index is 3.15. The summed E-state index contributed by atoms with van der Waals surface area (Å²) >= 11 is 0. The van der Waals surface area contributed by atoms with Gasteiger partial charge in [-0.15, -0.1) is 0 Å². The SMILES string of the molecule is C=CC1=CC=CC(F)(F)C1(F)F. The van der Waals surface area contributed by atoms with Crippen LogP contribution in [0.3, 0.4) is 0 Å². The molecule has 4 heteroatoms. The van der Waals surface area contributed by atoms with Gasteiger partial charge in [0.15, 0.2) is 0 Å². The molecule has 0 spiro atoms. The van der Waals surface area contributed by atoms with Crippen molar-refractivity contribution >= 4 is 0 Å². The zero-order valence-corrected chi connectivity index (χ0v) is 6.03. The maximum atomic E-state index is 12.7. The summed E-state index contributed by atoms with van der Waals surface area (Å²) in [5.41, 5.74) is -0.755. The highest BCUT2D eigenvalue weighted by atomic mass is 19.3. The van der Waals surface area contributed by atoms with E-state index in [1.54, 1.807) is 0 Å². The van der Waals surface area contributed by atoms with Crippen molar-refractivity contribution in [2.24, 2.45) is 0 Å². The molecule has 0 unspecified atom stereocenters. The molecule has 0 aromatic carbocycles. The van der Waals surface area contributed by atoms with Gasteiger partial charge in [-0.2, -0.15) is 17.6 Å². The van der Waals surface area contributed by atoms with E-state index in [4.69, 9.17) is 0 Å². The fraction of sp³-hybridized carbons (Fsp3) is 0.250. The van der Waals surface area contributed by atoms with Crippen LogP contribution in [0.4, 0.5) is 17.6 Å². The quantitative estimate of drug-likeness (QED) is 0.541. The molecule has 1 aliphatic rings. The minimum absolute atomic E-state index is 0.181. The normalized spacial score (nSPS) is 24.8. The summed E-state index contributed by atoms with van der Waals surface area (Å²) in [6, 6.07) is 0. The van der Waals surface area contributed by atoms with E-state index in [0.717, 1.165) is 18.2 Å². The highest BCUT2D eigenvalue weighted by molar-refractivity contribution is 5.37. The third kappa shape index (κ3) is 1.07. The van der Waals surface area contributed by atoms with Gasteiger partial charge in [0.25, 0.3) is 0 Å². The molecule has 0 saturated carbocycles. The molecular formula is C8H6F4. The Morgan fingerprint density at radius 2 is 1.83 bits per heavy atom. The van der Waals surface area contributed by atoms with Crippen molar-refractivity contribution in [2.75, 3.05) is 0 Å². The summed E-state index contributed by atoms with van der Waals surface area (Å²) in [5, 5.41) is 0. The number of hydrogen-bond acceptors (Lipinski definition) is 0. The van der Waals surface area contributed by atoms with E-state index >= 15 is 0 Å². The smallest absolute Gasteiger partial charge is 0.195 e. The molecule has 66 valence electrons. The summed E-state index contributed by atoms with van der Waals surface area (Å²) in [7, 11) is 0. The lowest BCUT2D eigenvalue weighted by molar-refractivity contribution is -0.153. The van der Waals surface area contributed by atoms with E-state index in [1.165, 1.54) is 0 Å². The van der Waals surface area contributed by atoms with Crippen LogP contribution in [0.1, 0.15) is 0 Å². The van der Waals surface area contributed by atoms with Gasteiger partial charge < -0.3 is 0 Å². The molecule has 0 amide bonds. The molecule has 0 bridgehead atoms. The van der Waals surface area contributed by atoms with Crippen molar-refractivity contribution in [2.45, 2.75) is 11.8 Å². The first-order valence-electron chi connectivity index (χ1n) is 3.20. The van der Waals surface area contributed by atoms with Crippen LogP contribution in [0.25, 0.3) is 0 Å². The molecule has 12 heavy (non-hydrogen) atoms. The zero-order valence-electron chi connectivity index (χ0n) is 6.03. The van der Waals surface area contributed by atoms with Gasteiger partial charge in [-0.3, -0.25) is 0 Å². The van der Waals surface area contributed by atoms with Crippen molar-refractivity contribution in [3.63, 3.8) is 0 Å². The van der Waals surface area contributed by atoms with Gasteiger partial charge in [-0.25, -0.2) is 0 Å². The molecule has 0 N–H and O–H groups in total. The molecule has 0 aromatic rings. The highest BCUT2D eigenvalue weighted by Gasteiger charge is 2.56. The van der Waals surface area contributed by atoms with E-state index in [0.29, 0.717) is 0 Å². The molecule has 1 rings (SSSR count). The average molecular weight is 178 g/mol. The maximum absolute atomic E-state index is 12.7. The van der Waals surface area contributed by atoms with Crippen LogP contribution in [0.15, 0.2) is 36.5 Å². The maximum Gasteiger partial charge on any atom is 0.339 e. The molecule has 0 aromatic heterocycles. The molecule has 0 atom stereocenters. The van der Waals surface area contributed by atoms with Crippen molar-refractivity contribution in [3.8, 4) is 0 Å². The van der Waals surface area contributed by atoms with Crippen LogP contribution >= 0.6 is 0 Å². The van der Waals surface area contributed by atoms with Gasteiger partial charge in [0.1, 0.15) is 0 Å². The molecule has 0 saturated heterocycles. The van der Waals surface area contributed by atoms with Crippen molar-refractivity contribution in [1.82, 2.24) is 0 Å². The number of hydrogen-bond donors (Lipinski definition) is 0. The second-order valence-electron chi connectivity index (χ2n) is 2.38. The predicted octanol–water partition coefficient (Wildman–Crippen LogP) is 2.94. The summed E-state index contributed by atoms with van der Waals surface area (Å²) in [4.78, 5) is 0. The van der Waals surface area contributed by atoms with E-state index in [-0.39, 0.29) is 6.08 Å². The van der Waals surface area contributed by atoms with Crippen LogP contribution in [-0.2, 0) is 0 Å². The summed E-state index contributed by atoms with van der Waals surface area (Å²) in [6.45, 7) is 3.03. The summed E-state index contributed by atoms with van der Waals surface area (Å²) in [6.07, 6.45) is 2.73. The van der Waals surface area contributed by atoms with E-state index in [2.05, 4.69) is 6.58 Å². The van der Waals surface area contributed by atoms with Crippen LogP contribution in [0.2, 0.25) is 0 Å². The van der Waals surface area contributed by atoms with Gasteiger partial charge in [0.05, 0.1) is 0 Å². The molecular weight excluding hydrogens is 172 g/mol. The minimum atomic E-state index is -4.14. The van der Waals surface area contributed by atoms with Gasteiger partial charge in [0, 0.05) is 5.57 Å². The second-order valence-corrected chi connectivity index (χ2v) is 2.38. The highest BCUT2D eigenvalue weighted by Crippen LogP contribution is 2.43. The van der Waals surface area contributed by atoms with Gasteiger partial charge in [-0.05, 0) is 6.08 Å². The van der Waals surface area contributed by atoms with Crippen LogP contribution in [-0.4, -0.2) is 11.8 Å². The fourth-order valence-corrected chi connectivity index (χ4v) is 0.871. The summed E-state index contributed by atoms with van der Waals surface area (Å²) < 4.78 is 50.4. The lowest BCUT2D eigenvalue weighted by Gasteiger charge is -2.26. The fourth-order valence-electron chi connectivity index (χ4n) is 0.871. The Bertz CT molecular complexity index is 260. The van der Waals surface area contributed by atoms with Gasteiger partial charge in [0.2, 0.25) is 0 Å². The lowest BCUT2D eigenvalue weighted by Crippen LogP contribution is -2.41. The van der Waals surface area contributed by atoms with Gasteiger partial charge in [-0.1, -0.05) is 24.8 Å². The first-order chi connectivity index (χ1) is 5.42. The standard InChI is InChI=1S/C8H6F4/c1-2-6-4-3-5-7(9,10)8(6,11)12/h2-5H,1H2. The zero-order chi connectivity index (χ0) is 9.41. The van der Waals surface area contributed by atoms with Crippen molar-refractivity contribution < 1.29 is 17.6 Å². The Kier molecular flexibility index (Phi) is 1.86. The Labute approximate surface area is 66.9 Å².